The molecule has 1 amide bonds. The third-order valence-corrected chi connectivity index (χ3v) is 7.35. The highest BCUT2D eigenvalue weighted by atomic mass is 32.1. The van der Waals surface area contributed by atoms with Gasteiger partial charge in [-0.1, -0.05) is 54.1 Å². The fourth-order valence-corrected chi connectivity index (χ4v) is 5.28. The van der Waals surface area contributed by atoms with E-state index < -0.39 is 0 Å². The van der Waals surface area contributed by atoms with Gasteiger partial charge in [0.05, 0.1) is 5.01 Å². The Labute approximate surface area is 210 Å². The molecule has 0 aliphatic carbocycles. The molecule has 5 nitrogen and oxygen atoms in total. The van der Waals surface area contributed by atoms with Gasteiger partial charge in [-0.3, -0.25) is 4.79 Å². The summed E-state index contributed by atoms with van der Waals surface area (Å²) >= 11 is 7.08. The number of nitrogens with zero attached hydrogens (tertiary/aromatic N) is 2. The zero-order chi connectivity index (χ0) is 24.1. The highest BCUT2D eigenvalue weighted by Gasteiger charge is 2.25. The van der Waals surface area contributed by atoms with Crippen molar-refractivity contribution in [3.63, 3.8) is 0 Å². The predicted octanol–water partition coefficient (Wildman–Crippen LogP) is 6.00. The highest BCUT2D eigenvalue weighted by molar-refractivity contribution is 7.80. The van der Waals surface area contributed by atoms with Gasteiger partial charge in [-0.15, -0.1) is 11.3 Å². The topological polar surface area (TPSA) is 57.3 Å². The summed E-state index contributed by atoms with van der Waals surface area (Å²) in [5, 5.41) is 10.0. The van der Waals surface area contributed by atoms with Crippen LogP contribution < -0.4 is 10.6 Å². The lowest BCUT2D eigenvalue weighted by atomic mass is 9.98. The first-order chi connectivity index (χ1) is 16.4. The van der Waals surface area contributed by atoms with Crippen molar-refractivity contribution in [2.45, 2.75) is 32.6 Å². The van der Waals surface area contributed by atoms with Gasteiger partial charge in [0, 0.05) is 42.2 Å². The predicted molar refractivity (Wildman–Crippen MR) is 146 cm³/mol. The summed E-state index contributed by atoms with van der Waals surface area (Å²) in [6, 6.07) is 16.2. The first-order valence-electron chi connectivity index (χ1n) is 11.5. The summed E-state index contributed by atoms with van der Waals surface area (Å²) in [6.45, 7) is 10.4. The minimum absolute atomic E-state index is 0.175. The Hall–Kier alpha value is -3.03. The number of benzene rings is 2. The average Bonchev–Trinajstić information content (AvgIpc) is 3.35. The molecule has 3 aromatic rings. The number of amides is 1. The van der Waals surface area contributed by atoms with Gasteiger partial charge in [0.1, 0.15) is 5.69 Å². The molecule has 0 radical (unpaired) electrons. The molecule has 0 unspecified atom stereocenters. The van der Waals surface area contributed by atoms with Gasteiger partial charge in [0.2, 0.25) is 0 Å². The Morgan fingerprint density at radius 1 is 1.21 bits per heavy atom. The van der Waals surface area contributed by atoms with Gasteiger partial charge in [-0.25, -0.2) is 4.98 Å². The standard InChI is InChI=1S/C27H30N4OS2/c1-18(2)16-28-27(33)31-13-11-21(12-14-31)26-30-24(17-34-26)25(32)29-23-10-9-19(3)15-22(23)20-7-5-4-6-8-20/h4-10,15,17,21H,1,11-14,16H2,2-3H3,(H,28,33)(H,29,32). The smallest absolute Gasteiger partial charge is 0.275 e. The number of thiocarbonyl (C=S) groups is 1. The number of hydrogen-bond acceptors (Lipinski definition) is 4. The lowest BCUT2D eigenvalue weighted by Gasteiger charge is -2.33. The molecular formula is C27H30N4OS2. The Morgan fingerprint density at radius 2 is 1.94 bits per heavy atom. The van der Waals surface area contributed by atoms with Crippen molar-refractivity contribution in [3.05, 3.63) is 82.3 Å². The summed E-state index contributed by atoms with van der Waals surface area (Å²) in [4.78, 5) is 20.0. The third-order valence-electron chi connectivity index (χ3n) is 5.94. The summed E-state index contributed by atoms with van der Waals surface area (Å²) in [6.07, 6.45) is 1.94. The molecule has 0 atom stereocenters. The second-order valence-electron chi connectivity index (χ2n) is 8.82. The minimum Gasteiger partial charge on any atom is -0.359 e. The summed E-state index contributed by atoms with van der Waals surface area (Å²) in [5.74, 6) is 0.178. The van der Waals surface area contributed by atoms with Crippen LogP contribution in [0.25, 0.3) is 11.1 Å². The van der Waals surface area contributed by atoms with E-state index in [1.807, 2.05) is 42.6 Å². The van der Waals surface area contributed by atoms with E-state index in [9.17, 15) is 4.79 Å². The average molecular weight is 491 g/mol. The molecule has 0 spiro atoms. The molecule has 0 bridgehead atoms. The van der Waals surface area contributed by atoms with Crippen molar-refractivity contribution in [2.24, 2.45) is 0 Å². The van der Waals surface area contributed by atoms with Gasteiger partial charge in [-0.05, 0) is 56.6 Å². The number of aryl methyl sites for hydroxylation is 1. The van der Waals surface area contributed by atoms with Crippen LogP contribution in [0.2, 0.25) is 0 Å². The molecule has 1 aromatic heterocycles. The zero-order valence-corrected chi connectivity index (χ0v) is 21.3. The van der Waals surface area contributed by atoms with Crippen LogP contribution >= 0.6 is 23.6 Å². The van der Waals surface area contributed by atoms with Gasteiger partial charge in [-0.2, -0.15) is 0 Å². The van der Waals surface area contributed by atoms with Gasteiger partial charge < -0.3 is 15.5 Å². The highest BCUT2D eigenvalue weighted by Crippen LogP contribution is 2.32. The second-order valence-corrected chi connectivity index (χ2v) is 10.1. The quantitative estimate of drug-likeness (QED) is 0.328. The Bertz CT molecular complexity index is 1180. The second kappa shape index (κ2) is 10.9. The van der Waals surface area contributed by atoms with E-state index >= 15 is 0 Å². The summed E-state index contributed by atoms with van der Waals surface area (Å²) < 4.78 is 0. The van der Waals surface area contributed by atoms with Crippen LogP contribution in [0.1, 0.15) is 46.7 Å². The van der Waals surface area contributed by atoms with Crippen LogP contribution in [-0.2, 0) is 0 Å². The van der Waals surface area contributed by atoms with E-state index in [1.54, 1.807) is 11.3 Å². The van der Waals surface area contributed by atoms with Crippen LogP contribution in [0.5, 0.6) is 0 Å². The van der Waals surface area contributed by atoms with E-state index in [4.69, 9.17) is 17.2 Å². The van der Waals surface area contributed by atoms with Crippen molar-refractivity contribution >= 4 is 40.3 Å². The van der Waals surface area contributed by atoms with Crippen molar-refractivity contribution in [1.29, 1.82) is 0 Å². The molecule has 0 saturated carbocycles. The van der Waals surface area contributed by atoms with Gasteiger partial charge >= 0.3 is 0 Å². The van der Waals surface area contributed by atoms with Crippen molar-refractivity contribution in [1.82, 2.24) is 15.2 Å². The maximum atomic E-state index is 13.0. The van der Waals surface area contributed by atoms with E-state index in [0.29, 0.717) is 18.2 Å². The molecule has 2 N–H and O–H groups in total. The molecule has 2 heterocycles. The molecule has 7 heteroatoms. The summed E-state index contributed by atoms with van der Waals surface area (Å²) in [7, 11) is 0. The fraction of sp³-hybridized carbons (Fsp3) is 0.296. The zero-order valence-electron chi connectivity index (χ0n) is 19.6. The molecular weight excluding hydrogens is 460 g/mol. The van der Waals surface area contributed by atoms with E-state index in [0.717, 1.165) is 64.0 Å². The number of aromatic nitrogens is 1. The Balaban J connectivity index is 1.40. The first kappa shape index (κ1) is 24.1. The molecule has 1 aliphatic heterocycles. The molecule has 1 fully saturated rings. The number of rotatable bonds is 6. The molecule has 2 aromatic carbocycles. The van der Waals surface area contributed by atoms with Gasteiger partial charge in [0.25, 0.3) is 5.91 Å². The van der Waals surface area contributed by atoms with Crippen LogP contribution in [0.15, 0.2) is 66.1 Å². The number of thiazole rings is 1. The normalized spacial score (nSPS) is 14.0. The number of piperidine rings is 1. The van der Waals surface area contributed by atoms with Crippen LogP contribution in [0, 0.1) is 6.92 Å². The number of carbonyl (C=O) groups excluding carboxylic acids is 1. The number of anilines is 1. The largest absolute Gasteiger partial charge is 0.359 e. The summed E-state index contributed by atoms with van der Waals surface area (Å²) in [5.41, 5.74) is 5.55. The number of hydrogen-bond donors (Lipinski definition) is 2. The lowest BCUT2D eigenvalue weighted by Crippen LogP contribution is -2.44. The Morgan fingerprint density at radius 3 is 2.65 bits per heavy atom. The van der Waals surface area contributed by atoms with E-state index in [2.05, 4.69) is 47.2 Å². The van der Waals surface area contributed by atoms with Crippen LogP contribution in [0.4, 0.5) is 5.69 Å². The maximum Gasteiger partial charge on any atom is 0.275 e. The number of nitrogens with one attached hydrogen (secondary N) is 2. The van der Waals surface area contributed by atoms with Crippen molar-refractivity contribution in [3.8, 4) is 11.1 Å². The van der Waals surface area contributed by atoms with Crippen LogP contribution in [-0.4, -0.2) is 40.5 Å². The van der Waals surface area contributed by atoms with E-state index in [1.165, 1.54) is 0 Å². The fourth-order valence-electron chi connectivity index (χ4n) is 4.06. The van der Waals surface area contributed by atoms with Gasteiger partial charge in [0.15, 0.2) is 5.11 Å². The number of likely N-dealkylation sites (tertiary alicyclic amines) is 1. The minimum atomic E-state index is -0.175. The maximum absolute atomic E-state index is 13.0. The van der Waals surface area contributed by atoms with Crippen molar-refractivity contribution in [2.75, 3.05) is 25.0 Å². The Kier molecular flexibility index (Phi) is 7.75. The SMILES string of the molecule is C=C(C)CNC(=S)N1CCC(c2nc(C(=O)Nc3ccc(C)cc3-c3ccccc3)cs2)CC1. The number of carbonyl (C=O) groups is 1. The monoisotopic (exact) mass is 490 g/mol. The molecule has 34 heavy (non-hydrogen) atoms. The first-order valence-corrected chi connectivity index (χ1v) is 12.8. The molecule has 1 aliphatic rings. The molecule has 1 saturated heterocycles. The van der Waals surface area contributed by atoms with Crippen LogP contribution in [0.3, 0.4) is 0 Å². The molecule has 176 valence electrons. The third kappa shape index (κ3) is 5.90. The van der Waals surface area contributed by atoms with E-state index in [-0.39, 0.29) is 5.91 Å². The lowest BCUT2D eigenvalue weighted by molar-refractivity contribution is 0.102. The van der Waals surface area contributed by atoms with Crippen molar-refractivity contribution < 1.29 is 4.79 Å². The molecule has 4 rings (SSSR count).